The van der Waals surface area contributed by atoms with Crippen molar-refractivity contribution in [3.05, 3.63) is 12.5 Å². The average molecular weight is 193 g/mol. The maximum absolute atomic E-state index is 4.24. The molecule has 0 unspecified atom stereocenters. The van der Waals surface area contributed by atoms with Crippen molar-refractivity contribution in [2.75, 3.05) is 26.2 Å². The SMILES string of the molecule is C1C[C]2CC[N+]2C1.[CH]1CCC[N]CC1. The minimum Gasteiger partial charge on any atom is -0.242 e. The highest BCUT2D eigenvalue weighted by atomic mass is 15.2. The Balaban J connectivity index is 0.000000107. The molecule has 3 saturated heterocycles. The van der Waals surface area contributed by atoms with Crippen molar-refractivity contribution < 1.29 is 0 Å². The first kappa shape index (κ1) is 10.4. The molecule has 0 saturated carbocycles. The Morgan fingerprint density at radius 1 is 1.00 bits per heavy atom. The van der Waals surface area contributed by atoms with Gasteiger partial charge in [-0.25, -0.2) is 5.32 Å². The van der Waals surface area contributed by atoms with Crippen molar-refractivity contribution in [1.29, 1.82) is 0 Å². The van der Waals surface area contributed by atoms with Crippen LogP contribution in [0, 0.1) is 12.5 Å². The van der Waals surface area contributed by atoms with Crippen LogP contribution in [0.25, 0.3) is 0 Å². The summed E-state index contributed by atoms with van der Waals surface area (Å²) in [5, 5.41) is 4.24. The van der Waals surface area contributed by atoms with E-state index in [1.54, 1.807) is 6.04 Å². The van der Waals surface area contributed by atoms with Crippen molar-refractivity contribution in [3.63, 3.8) is 0 Å². The summed E-state index contributed by atoms with van der Waals surface area (Å²) in [6.07, 6.45) is 10.3. The van der Waals surface area contributed by atoms with E-state index >= 15 is 0 Å². The Labute approximate surface area is 88.1 Å². The van der Waals surface area contributed by atoms with Crippen molar-refractivity contribution in [3.8, 4) is 0 Å². The van der Waals surface area contributed by atoms with Gasteiger partial charge in [0.25, 0.3) is 0 Å². The summed E-state index contributed by atoms with van der Waals surface area (Å²) in [4.78, 5) is 2.50. The summed E-state index contributed by atoms with van der Waals surface area (Å²) < 4.78 is 0. The summed E-state index contributed by atoms with van der Waals surface area (Å²) in [6, 6.07) is 1.72. The molecule has 14 heavy (non-hydrogen) atoms. The van der Waals surface area contributed by atoms with Gasteiger partial charge < -0.3 is 0 Å². The van der Waals surface area contributed by atoms with Gasteiger partial charge in [-0.05, 0) is 25.7 Å². The first-order chi connectivity index (χ1) is 6.97. The van der Waals surface area contributed by atoms with E-state index in [1.165, 1.54) is 51.6 Å². The van der Waals surface area contributed by atoms with Crippen LogP contribution in [0.3, 0.4) is 0 Å². The van der Waals surface area contributed by atoms with E-state index in [2.05, 4.69) is 16.6 Å². The Bertz CT molecular complexity index is 129. The Kier molecular flexibility index (Phi) is 4.26. The summed E-state index contributed by atoms with van der Waals surface area (Å²) in [6.45, 7) is 4.88. The predicted molar refractivity (Wildman–Crippen MR) is 59.0 cm³/mol. The molecule has 78 valence electrons. The molecule has 0 aromatic heterocycles. The van der Waals surface area contributed by atoms with Gasteiger partial charge in [0.15, 0.2) is 0 Å². The minimum absolute atomic E-state index is 1.07. The predicted octanol–water partition coefficient (Wildman–Crippen LogP) is 1.83. The van der Waals surface area contributed by atoms with Gasteiger partial charge in [0.2, 0.25) is 6.04 Å². The molecule has 0 N–H and O–H groups in total. The van der Waals surface area contributed by atoms with Crippen LogP contribution in [0.1, 0.15) is 38.5 Å². The van der Waals surface area contributed by atoms with Gasteiger partial charge in [-0.15, -0.1) is 0 Å². The molecule has 0 spiro atoms. The van der Waals surface area contributed by atoms with Crippen LogP contribution in [0.5, 0.6) is 0 Å². The lowest BCUT2D eigenvalue weighted by Gasteiger charge is -2.20. The molecular weight excluding hydrogens is 172 g/mol. The Morgan fingerprint density at radius 3 is 2.64 bits per heavy atom. The summed E-state index contributed by atoms with van der Waals surface area (Å²) in [5.74, 6) is 0. The monoisotopic (exact) mass is 193 g/mol. The fraction of sp³-hybridized carbons (Fsp3) is 0.833. The second-order valence-electron chi connectivity index (χ2n) is 4.30. The molecule has 0 aromatic rings. The van der Waals surface area contributed by atoms with E-state index in [0.717, 1.165) is 13.1 Å². The quantitative estimate of drug-likeness (QED) is 0.523. The van der Waals surface area contributed by atoms with Gasteiger partial charge in [-0.1, -0.05) is 0 Å². The molecule has 0 amide bonds. The highest BCUT2D eigenvalue weighted by molar-refractivity contribution is 5.08. The van der Waals surface area contributed by atoms with Gasteiger partial charge in [-0.2, -0.15) is 4.90 Å². The first-order valence-electron chi connectivity index (χ1n) is 6.01. The average Bonchev–Trinajstić information content (AvgIpc) is 2.48. The highest BCUT2D eigenvalue weighted by Crippen LogP contribution is 2.32. The van der Waals surface area contributed by atoms with Crippen LogP contribution in [-0.4, -0.2) is 26.2 Å². The van der Waals surface area contributed by atoms with E-state index in [4.69, 9.17) is 0 Å². The van der Waals surface area contributed by atoms with Crippen LogP contribution in [0.4, 0.5) is 0 Å². The lowest BCUT2D eigenvalue weighted by atomic mass is 10.1. The molecule has 4 radical (unpaired) electrons. The van der Waals surface area contributed by atoms with Crippen molar-refractivity contribution in [2.24, 2.45) is 0 Å². The summed E-state index contributed by atoms with van der Waals surface area (Å²) in [7, 11) is 0. The van der Waals surface area contributed by atoms with Crippen LogP contribution in [0.2, 0.25) is 0 Å². The summed E-state index contributed by atoms with van der Waals surface area (Å²) >= 11 is 0. The molecule has 3 aliphatic rings. The second kappa shape index (κ2) is 5.72. The minimum atomic E-state index is 1.07. The molecule has 0 aliphatic carbocycles. The molecule has 0 bridgehead atoms. The maximum Gasteiger partial charge on any atom is 0.207 e. The standard InChI is InChI=1S/C6H10N.C6H11N/c1-2-6-3-5-7(6)4-1;1-2-4-6-7-5-3-1/h1-5H2;1H,2-6H2/q+1;. The van der Waals surface area contributed by atoms with Crippen LogP contribution in [0.15, 0.2) is 0 Å². The third-order valence-electron chi connectivity index (χ3n) is 3.23. The first-order valence-corrected chi connectivity index (χ1v) is 6.01. The number of hydrogen-bond donors (Lipinski definition) is 0. The molecule has 2 nitrogen and oxygen atoms in total. The third kappa shape index (κ3) is 2.96. The van der Waals surface area contributed by atoms with Crippen LogP contribution in [-0.2, 0) is 0 Å². The van der Waals surface area contributed by atoms with E-state index in [-0.39, 0.29) is 0 Å². The van der Waals surface area contributed by atoms with E-state index in [1.807, 2.05) is 0 Å². The topological polar surface area (TPSA) is 20.0 Å². The maximum atomic E-state index is 4.24. The van der Waals surface area contributed by atoms with E-state index < -0.39 is 0 Å². The lowest BCUT2D eigenvalue weighted by molar-refractivity contribution is 0.356. The molecule has 3 fully saturated rings. The molecule has 0 aromatic carbocycles. The summed E-state index contributed by atoms with van der Waals surface area (Å²) in [5.41, 5.74) is 0. The van der Waals surface area contributed by atoms with Gasteiger partial charge in [0.05, 0.1) is 6.42 Å². The zero-order valence-corrected chi connectivity index (χ0v) is 9.04. The molecule has 0 atom stereocenters. The number of fused-ring (bicyclic) bond motifs is 1. The van der Waals surface area contributed by atoms with Crippen molar-refractivity contribution >= 4 is 0 Å². The van der Waals surface area contributed by atoms with Gasteiger partial charge >= 0.3 is 0 Å². The van der Waals surface area contributed by atoms with Crippen molar-refractivity contribution in [1.82, 2.24) is 10.2 Å². The number of rotatable bonds is 0. The number of nitrogens with zero attached hydrogens (tertiary/aromatic N) is 2. The Hall–Kier alpha value is -0.0800. The zero-order chi connectivity index (χ0) is 9.64. The largest absolute Gasteiger partial charge is 0.242 e. The highest BCUT2D eigenvalue weighted by Gasteiger charge is 2.44. The van der Waals surface area contributed by atoms with Gasteiger partial charge in [0, 0.05) is 25.9 Å². The molecule has 3 rings (SSSR count). The van der Waals surface area contributed by atoms with Gasteiger partial charge in [0.1, 0.15) is 13.1 Å². The third-order valence-corrected chi connectivity index (χ3v) is 3.23. The van der Waals surface area contributed by atoms with Crippen molar-refractivity contribution in [2.45, 2.75) is 38.5 Å². The van der Waals surface area contributed by atoms with E-state index in [0.29, 0.717) is 0 Å². The smallest absolute Gasteiger partial charge is 0.207 e. The van der Waals surface area contributed by atoms with Crippen LogP contribution >= 0.6 is 0 Å². The fourth-order valence-corrected chi connectivity index (χ4v) is 2.24. The normalized spacial score (nSPS) is 28.3. The fourth-order valence-electron chi connectivity index (χ4n) is 2.24. The van der Waals surface area contributed by atoms with Gasteiger partial charge in [-0.3, -0.25) is 0 Å². The zero-order valence-electron chi connectivity index (χ0n) is 9.04. The lowest BCUT2D eigenvalue weighted by Crippen LogP contribution is -2.41. The second-order valence-corrected chi connectivity index (χ2v) is 4.30. The molecular formula is C12H21N2+. The van der Waals surface area contributed by atoms with Crippen LogP contribution < -0.4 is 10.2 Å². The molecule has 2 heteroatoms. The molecule has 3 aliphatic heterocycles. The Morgan fingerprint density at radius 2 is 2.00 bits per heavy atom. The van der Waals surface area contributed by atoms with E-state index in [9.17, 15) is 0 Å². The molecule has 3 heterocycles. The number of hydrogen-bond acceptors (Lipinski definition) is 1.